The molecule has 0 aliphatic heterocycles. The summed E-state index contributed by atoms with van der Waals surface area (Å²) in [5.74, 6) is -0.00812. The number of nitrogens with one attached hydrogen (secondary N) is 2. The van der Waals surface area contributed by atoms with Gasteiger partial charge in [-0.1, -0.05) is 25.1 Å². The van der Waals surface area contributed by atoms with Crippen molar-refractivity contribution in [1.29, 1.82) is 0 Å². The molecule has 5 nitrogen and oxygen atoms in total. The van der Waals surface area contributed by atoms with Crippen LogP contribution in [-0.4, -0.2) is 38.4 Å². The number of sulfone groups is 1. The maximum Gasteiger partial charge on any atom is 0.241 e. The van der Waals surface area contributed by atoms with E-state index in [1.807, 2.05) is 18.2 Å². The first-order chi connectivity index (χ1) is 8.94. The third kappa shape index (κ3) is 5.85. The van der Waals surface area contributed by atoms with Gasteiger partial charge in [-0.25, -0.2) is 8.42 Å². The molecule has 0 bridgehead atoms. The van der Waals surface area contributed by atoms with Gasteiger partial charge in [-0.3, -0.25) is 4.79 Å². The van der Waals surface area contributed by atoms with E-state index < -0.39 is 15.9 Å². The SMILES string of the molecule is CCS(=O)(=O)CCNC(C)C(=O)Nc1ccccc1. The maximum absolute atomic E-state index is 11.8. The lowest BCUT2D eigenvalue weighted by Crippen LogP contribution is -2.40. The molecule has 6 heteroatoms. The van der Waals surface area contributed by atoms with Crippen LogP contribution in [0.2, 0.25) is 0 Å². The quantitative estimate of drug-likeness (QED) is 0.784. The molecular weight excluding hydrogens is 264 g/mol. The van der Waals surface area contributed by atoms with Gasteiger partial charge in [0.1, 0.15) is 0 Å². The summed E-state index contributed by atoms with van der Waals surface area (Å²) in [6, 6.07) is 8.70. The Bertz CT molecular complexity index is 500. The summed E-state index contributed by atoms with van der Waals surface area (Å²) in [7, 11) is -2.99. The summed E-state index contributed by atoms with van der Waals surface area (Å²) < 4.78 is 22.6. The molecule has 0 fully saturated rings. The Hall–Kier alpha value is -1.40. The van der Waals surface area contributed by atoms with E-state index in [1.165, 1.54) is 0 Å². The van der Waals surface area contributed by atoms with Crippen LogP contribution in [0.25, 0.3) is 0 Å². The number of amides is 1. The Balaban J connectivity index is 2.37. The summed E-state index contributed by atoms with van der Waals surface area (Å²) in [5, 5.41) is 5.65. The van der Waals surface area contributed by atoms with Gasteiger partial charge in [-0.05, 0) is 19.1 Å². The molecule has 106 valence electrons. The van der Waals surface area contributed by atoms with E-state index in [-0.39, 0.29) is 24.0 Å². The molecule has 0 spiro atoms. The van der Waals surface area contributed by atoms with Gasteiger partial charge in [0.2, 0.25) is 5.91 Å². The average molecular weight is 284 g/mol. The third-order valence-electron chi connectivity index (χ3n) is 2.74. The van der Waals surface area contributed by atoms with Crippen LogP contribution in [0, 0.1) is 0 Å². The van der Waals surface area contributed by atoms with Crippen LogP contribution in [0.5, 0.6) is 0 Å². The Morgan fingerprint density at radius 1 is 1.26 bits per heavy atom. The van der Waals surface area contributed by atoms with Gasteiger partial charge in [-0.2, -0.15) is 0 Å². The zero-order valence-electron chi connectivity index (χ0n) is 11.2. The van der Waals surface area contributed by atoms with E-state index in [4.69, 9.17) is 0 Å². The monoisotopic (exact) mass is 284 g/mol. The number of carbonyl (C=O) groups excluding carboxylic acids is 1. The highest BCUT2D eigenvalue weighted by Gasteiger charge is 2.13. The molecule has 19 heavy (non-hydrogen) atoms. The smallest absolute Gasteiger partial charge is 0.241 e. The van der Waals surface area contributed by atoms with Crippen molar-refractivity contribution < 1.29 is 13.2 Å². The first kappa shape index (κ1) is 15.7. The Morgan fingerprint density at radius 2 is 1.89 bits per heavy atom. The van der Waals surface area contributed by atoms with Gasteiger partial charge >= 0.3 is 0 Å². The molecular formula is C13H20N2O3S. The molecule has 1 aromatic rings. The minimum Gasteiger partial charge on any atom is -0.325 e. The van der Waals surface area contributed by atoms with Crippen molar-refractivity contribution >= 4 is 21.4 Å². The highest BCUT2D eigenvalue weighted by molar-refractivity contribution is 7.91. The van der Waals surface area contributed by atoms with E-state index >= 15 is 0 Å². The number of carbonyl (C=O) groups is 1. The van der Waals surface area contributed by atoms with E-state index in [9.17, 15) is 13.2 Å². The van der Waals surface area contributed by atoms with Crippen molar-refractivity contribution in [2.45, 2.75) is 19.9 Å². The summed E-state index contributed by atoms with van der Waals surface area (Å²) in [6.45, 7) is 3.59. The Morgan fingerprint density at radius 3 is 2.47 bits per heavy atom. The van der Waals surface area contributed by atoms with Crippen LogP contribution in [-0.2, 0) is 14.6 Å². The van der Waals surface area contributed by atoms with Crippen LogP contribution in [0.1, 0.15) is 13.8 Å². The molecule has 0 aromatic heterocycles. The lowest BCUT2D eigenvalue weighted by atomic mass is 10.2. The van der Waals surface area contributed by atoms with Gasteiger partial charge in [0.05, 0.1) is 11.8 Å². The molecule has 1 atom stereocenters. The Labute approximate surface area is 114 Å². The standard InChI is InChI=1S/C13H20N2O3S/c1-3-19(17,18)10-9-14-11(2)13(16)15-12-7-5-4-6-8-12/h4-8,11,14H,3,9-10H2,1-2H3,(H,15,16). The van der Waals surface area contributed by atoms with E-state index in [0.717, 1.165) is 5.69 Å². The van der Waals surface area contributed by atoms with Crippen LogP contribution < -0.4 is 10.6 Å². The molecule has 1 aromatic carbocycles. The van der Waals surface area contributed by atoms with Gasteiger partial charge in [0, 0.05) is 18.0 Å². The number of benzene rings is 1. The second kappa shape index (κ2) is 7.25. The van der Waals surface area contributed by atoms with Crippen molar-refractivity contribution in [3.8, 4) is 0 Å². The van der Waals surface area contributed by atoms with Crippen molar-refractivity contribution in [3.63, 3.8) is 0 Å². The molecule has 0 saturated heterocycles. The summed E-state index contributed by atoms with van der Waals surface area (Å²) in [4.78, 5) is 11.8. The fraction of sp³-hybridized carbons (Fsp3) is 0.462. The van der Waals surface area contributed by atoms with Crippen LogP contribution in [0.15, 0.2) is 30.3 Å². The van der Waals surface area contributed by atoms with Crippen molar-refractivity contribution in [3.05, 3.63) is 30.3 Å². The zero-order chi connectivity index (χ0) is 14.3. The summed E-state index contributed by atoms with van der Waals surface area (Å²) >= 11 is 0. The minimum absolute atomic E-state index is 0.0481. The molecule has 1 unspecified atom stereocenters. The van der Waals surface area contributed by atoms with Crippen molar-refractivity contribution in [2.24, 2.45) is 0 Å². The number of anilines is 1. The summed E-state index contributed by atoms with van der Waals surface area (Å²) in [5.41, 5.74) is 0.724. The molecule has 1 amide bonds. The van der Waals surface area contributed by atoms with Gasteiger partial charge < -0.3 is 10.6 Å². The highest BCUT2D eigenvalue weighted by Crippen LogP contribution is 2.05. The maximum atomic E-state index is 11.8. The molecule has 1 rings (SSSR count). The number of rotatable bonds is 7. The first-order valence-electron chi connectivity index (χ1n) is 6.24. The number of hydrogen-bond donors (Lipinski definition) is 2. The first-order valence-corrected chi connectivity index (χ1v) is 8.06. The zero-order valence-corrected chi connectivity index (χ0v) is 12.0. The normalized spacial score (nSPS) is 12.9. The number of para-hydroxylation sites is 1. The van der Waals surface area contributed by atoms with Gasteiger partial charge in [0.25, 0.3) is 0 Å². The van der Waals surface area contributed by atoms with E-state index in [0.29, 0.717) is 0 Å². The molecule has 0 radical (unpaired) electrons. The molecule has 2 N–H and O–H groups in total. The topological polar surface area (TPSA) is 75.3 Å². The lowest BCUT2D eigenvalue weighted by molar-refractivity contribution is -0.117. The van der Waals surface area contributed by atoms with Crippen LogP contribution in [0.4, 0.5) is 5.69 Å². The highest BCUT2D eigenvalue weighted by atomic mass is 32.2. The van der Waals surface area contributed by atoms with Gasteiger partial charge in [-0.15, -0.1) is 0 Å². The van der Waals surface area contributed by atoms with Crippen molar-refractivity contribution in [2.75, 3.05) is 23.4 Å². The predicted octanol–water partition coefficient (Wildman–Crippen LogP) is 1.04. The molecule has 0 aliphatic rings. The second-order valence-electron chi connectivity index (χ2n) is 4.27. The lowest BCUT2D eigenvalue weighted by Gasteiger charge is -2.13. The fourth-order valence-electron chi connectivity index (χ4n) is 1.44. The van der Waals surface area contributed by atoms with Crippen LogP contribution >= 0.6 is 0 Å². The van der Waals surface area contributed by atoms with E-state index in [2.05, 4.69) is 10.6 Å². The molecule has 0 heterocycles. The van der Waals surface area contributed by atoms with E-state index in [1.54, 1.807) is 26.0 Å². The van der Waals surface area contributed by atoms with Crippen molar-refractivity contribution in [1.82, 2.24) is 5.32 Å². The van der Waals surface area contributed by atoms with Gasteiger partial charge in [0.15, 0.2) is 9.84 Å². The predicted molar refractivity (Wildman–Crippen MR) is 76.9 cm³/mol. The van der Waals surface area contributed by atoms with Crippen LogP contribution in [0.3, 0.4) is 0 Å². The second-order valence-corrected chi connectivity index (χ2v) is 6.74. The number of hydrogen-bond acceptors (Lipinski definition) is 4. The summed E-state index contributed by atoms with van der Waals surface area (Å²) in [6.07, 6.45) is 0. The Kier molecular flexibility index (Phi) is 5.98. The molecule has 0 aliphatic carbocycles. The average Bonchev–Trinajstić information content (AvgIpc) is 2.39. The molecule has 0 saturated carbocycles. The minimum atomic E-state index is -2.99. The largest absolute Gasteiger partial charge is 0.325 e. The third-order valence-corrected chi connectivity index (χ3v) is 4.44. The fourth-order valence-corrected chi connectivity index (χ4v) is 2.16.